The lowest BCUT2D eigenvalue weighted by molar-refractivity contribution is -0.131. The van der Waals surface area contributed by atoms with Gasteiger partial charge in [-0.15, -0.1) is 0 Å². The molecule has 0 spiro atoms. The molecule has 2 nitrogen and oxygen atoms in total. The summed E-state index contributed by atoms with van der Waals surface area (Å²) in [6.45, 7) is 2.16. The van der Waals surface area contributed by atoms with Crippen molar-refractivity contribution >= 4 is 5.78 Å². The van der Waals surface area contributed by atoms with E-state index in [2.05, 4.69) is 6.92 Å². The Kier molecular flexibility index (Phi) is 2.18. The van der Waals surface area contributed by atoms with Gasteiger partial charge in [0.25, 0.3) is 0 Å². The Balaban J connectivity index is 2.17. The zero-order valence-corrected chi connectivity index (χ0v) is 8.25. The molecule has 1 N–H and O–H groups in total. The summed E-state index contributed by atoms with van der Waals surface area (Å²) in [6.07, 6.45) is 5.30. The summed E-state index contributed by atoms with van der Waals surface area (Å²) in [5, 5.41) is 9.94. The number of carbonyl (C=O) groups is 1. The number of rotatable bonds is 0. The molecular formula is C11H18O2. The Labute approximate surface area is 79.3 Å². The molecule has 0 unspecified atom stereocenters. The Morgan fingerprint density at radius 1 is 1.46 bits per heavy atom. The van der Waals surface area contributed by atoms with Crippen LogP contribution in [0.2, 0.25) is 0 Å². The van der Waals surface area contributed by atoms with Gasteiger partial charge in [0.15, 0.2) is 0 Å². The third-order valence-electron chi connectivity index (χ3n) is 4.14. The molecule has 2 aliphatic rings. The smallest absolute Gasteiger partial charge is 0.133 e. The maximum absolute atomic E-state index is 11.3. The summed E-state index contributed by atoms with van der Waals surface area (Å²) in [5.41, 5.74) is 0.0478. The van der Waals surface area contributed by atoms with Crippen LogP contribution >= 0.6 is 0 Å². The minimum absolute atomic E-state index is 0.0478. The van der Waals surface area contributed by atoms with Gasteiger partial charge in [-0.05, 0) is 30.6 Å². The van der Waals surface area contributed by atoms with Crippen molar-refractivity contribution in [3.63, 3.8) is 0 Å². The topological polar surface area (TPSA) is 37.3 Å². The van der Waals surface area contributed by atoms with Crippen molar-refractivity contribution in [2.75, 3.05) is 0 Å². The molecule has 0 saturated heterocycles. The van der Waals surface area contributed by atoms with Gasteiger partial charge in [-0.1, -0.05) is 13.3 Å². The number of Topliss-reactive ketones (excluding diaryl/α,β-unsaturated/α-hetero) is 1. The van der Waals surface area contributed by atoms with Crippen molar-refractivity contribution in [1.29, 1.82) is 0 Å². The van der Waals surface area contributed by atoms with Gasteiger partial charge < -0.3 is 5.11 Å². The average Bonchev–Trinajstić information content (AvgIpc) is 2.09. The lowest BCUT2D eigenvalue weighted by Gasteiger charge is -2.47. The van der Waals surface area contributed by atoms with Gasteiger partial charge in [0, 0.05) is 12.8 Å². The summed E-state index contributed by atoms with van der Waals surface area (Å²) in [5.74, 6) is 0.856. The Bertz CT molecular complexity index is 224. The molecular weight excluding hydrogens is 164 g/mol. The number of hydrogen-bond donors (Lipinski definition) is 1. The molecule has 2 fully saturated rings. The van der Waals surface area contributed by atoms with Crippen LogP contribution < -0.4 is 0 Å². The SMILES string of the molecule is C[C@]12CCC(=O)C[C@@H]1CCC[C@@H]2O. The fourth-order valence-corrected chi connectivity index (χ4v) is 2.98. The normalized spacial score (nSPS) is 45.8. The average molecular weight is 182 g/mol. The van der Waals surface area contributed by atoms with Crippen molar-refractivity contribution in [3.05, 3.63) is 0 Å². The fourth-order valence-electron chi connectivity index (χ4n) is 2.98. The molecule has 0 heterocycles. The van der Waals surface area contributed by atoms with Gasteiger partial charge in [-0.25, -0.2) is 0 Å². The summed E-state index contributed by atoms with van der Waals surface area (Å²) >= 11 is 0. The molecule has 0 aromatic carbocycles. The molecule has 0 radical (unpaired) electrons. The molecule has 2 rings (SSSR count). The van der Waals surface area contributed by atoms with E-state index >= 15 is 0 Å². The molecule has 0 aromatic heterocycles. The van der Waals surface area contributed by atoms with E-state index in [1.807, 2.05) is 0 Å². The van der Waals surface area contributed by atoms with Crippen LogP contribution in [-0.4, -0.2) is 17.0 Å². The van der Waals surface area contributed by atoms with Crippen LogP contribution in [0, 0.1) is 11.3 Å². The highest BCUT2D eigenvalue weighted by molar-refractivity contribution is 5.79. The van der Waals surface area contributed by atoms with E-state index in [0.29, 0.717) is 24.5 Å². The highest BCUT2D eigenvalue weighted by Crippen LogP contribution is 2.49. The second-order valence-electron chi connectivity index (χ2n) is 4.89. The third-order valence-corrected chi connectivity index (χ3v) is 4.14. The van der Waals surface area contributed by atoms with Crippen molar-refractivity contribution in [2.24, 2.45) is 11.3 Å². The van der Waals surface area contributed by atoms with Crippen molar-refractivity contribution in [1.82, 2.24) is 0 Å². The van der Waals surface area contributed by atoms with E-state index in [4.69, 9.17) is 0 Å². The summed E-state index contributed by atoms with van der Waals surface area (Å²) < 4.78 is 0. The van der Waals surface area contributed by atoms with E-state index in [1.54, 1.807) is 0 Å². The lowest BCUT2D eigenvalue weighted by atomic mass is 9.59. The minimum Gasteiger partial charge on any atom is -0.393 e. The van der Waals surface area contributed by atoms with Crippen LogP contribution in [-0.2, 0) is 4.79 Å². The van der Waals surface area contributed by atoms with Crippen molar-refractivity contribution in [3.8, 4) is 0 Å². The van der Waals surface area contributed by atoms with Crippen LogP contribution in [0.3, 0.4) is 0 Å². The number of hydrogen-bond acceptors (Lipinski definition) is 2. The first kappa shape index (κ1) is 9.20. The number of ketones is 1. The molecule has 13 heavy (non-hydrogen) atoms. The molecule has 2 saturated carbocycles. The molecule has 2 heteroatoms. The highest BCUT2D eigenvalue weighted by atomic mass is 16.3. The van der Waals surface area contributed by atoms with Crippen LogP contribution in [0.25, 0.3) is 0 Å². The van der Waals surface area contributed by atoms with E-state index in [1.165, 1.54) is 0 Å². The molecule has 2 aliphatic carbocycles. The van der Waals surface area contributed by atoms with Crippen LogP contribution in [0.5, 0.6) is 0 Å². The maximum atomic E-state index is 11.3. The monoisotopic (exact) mass is 182 g/mol. The summed E-state index contributed by atoms with van der Waals surface area (Å²) in [6, 6.07) is 0. The van der Waals surface area contributed by atoms with Crippen LogP contribution in [0.1, 0.15) is 45.4 Å². The molecule has 0 amide bonds. The van der Waals surface area contributed by atoms with E-state index in [-0.39, 0.29) is 11.5 Å². The molecule has 0 aliphatic heterocycles. The third kappa shape index (κ3) is 1.41. The number of carbonyl (C=O) groups excluding carboxylic acids is 1. The quantitative estimate of drug-likeness (QED) is 0.621. The van der Waals surface area contributed by atoms with Gasteiger partial charge in [0.2, 0.25) is 0 Å². The Hall–Kier alpha value is -0.370. The van der Waals surface area contributed by atoms with Crippen molar-refractivity contribution < 1.29 is 9.90 Å². The second-order valence-corrected chi connectivity index (χ2v) is 4.89. The Morgan fingerprint density at radius 3 is 3.00 bits per heavy atom. The second kappa shape index (κ2) is 3.09. The molecule has 74 valence electrons. The van der Waals surface area contributed by atoms with E-state index in [0.717, 1.165) is 25.7 Å². The first-order valence-electron chi connectivity index (χ1n) is 5.33. The summed E-state index contributed by atoms with van der Waals surface area (Å²) in [4.78, 5) is 11.3. The molecule has 0 aromatic rings. The van der Waals surface area contributed by atoms with Gasteiger partial charge in [0.1, 0.15) is 5.78 Å². The standard InChI is InChI=1S/C11H18O2/c1-11-6-5-9(12)7-8(11)3-2-4-10(11)13/h8,10,13H,2-7H2,1H3/t8-,10-,11-/m0/s1. The number of aliphatic hydroxyl groups excluding tert-OH is 1. The molecule has 0 bridgehead atoms. The van der Waals surface area contributed by atoms with Gasteiger partial charge in [0.05, 0.1) is 6.10 Å². The predicted octanol–water partition coefficient (Wildman–Crippen LogP) is 1.91. The number of fused-ring (bicyclic) bond motifs is 1. The van der Waals surface area contributed by atoms with Gasteiger partial charge in [-0.2, -0.15) is 0 Å². The van der Waals surface area contributed by atoms with Gasteiger partial charge in [-0.3, -0.25) is 4.79 Å². The minimum atomic E-state index is -0.167. The number of aliphatic hydroxyl groups is 1. The van der Waals surface area contributed by atoms with E-state index in [9.17, 15) is 9.90 Å². The zero-order chi connectivity index (χ0) is 9.47. The van der Waals surface area contributed by atoms with Crippen LogP contribution in [0.15, 0.2) is 0 Å². The van der Waals surface area contributed by atoms with Crippen molar-refractivity contribution in [2.45, 2.75) is 51.6 Å². The first-order chi connectivity index (χ1) is 6.13. The van der Waals surface area contributed by atoms with Crippen LogP contribution in [0.4, 0.5) is 0 Å². The largest absolute Gasteiger partial charge is 0.393 e. The lowest BCUT2D eigenvalue weighted by Crippen LogP contribution is -2.46. The Morgan fingerprint density at radius 2 is 2.23 bits per heavy atom. The fraction of sp³-hybridized carbons (Fsp3) is 0.909. The highest BCUT2D eigenvalue weighted by Gasteiger charge is 2.46. The van der Waals surface area contributed by atoms with E-state index < -0.39 is 0 Å². The first-order valence-corrected chi connectivity index (χ1v) is 5.33. The summed E-state index contributed by atoms with van der Waals surface area (Å²) in [7, 11) is 0. The zero-order valence-electron chi connectivity index (χ0n) is 8.25. The molecule has 3 atom stereocenters. The van der Waals surface area contributed by atoms with Gasteiger partial charge >= 0.3 is 0 Å². The maximum Gasteiger partial charge on any atom is 0.133 e. The predicted molar refractivity (Wildman–Crippen MR) is 50.3 cm³/mol.